The Morgan fingerprint density at radius 1 is 1.10 bits per heavy atom. The van der Waals surface area contributed by atoms with E-state index >= 15 is 0 Å². The van der Waals surface area contributed by atoms with E-state index in [1.165, 1.54) is 47.7 Å². The minimum Gasteiger partial charge on any atom is -0.321 e. The van der Waals surface area contributed by atoms with Crippen LogP contribution in [0.5, 0.6) is 0 Å². The van der Waals surface area contributed by atoms with E-state index in [0.29, 0.717) is 21.0 Å². The van der Waals surface area contributed by atoms with Gasteiger partial charge < -0.3 is 5.32 Å². The molecule has 6 nitrogen and oxygen atoms in total. The zero-order valence-corrected chi connectivity index (χ0v) is 16.4. The highest BCUT2D eigenvalue weighted by Gasteiger charge is 2.13. The first-order valence-electron chi connectivity index (χ1n) is 8.18. The van der Waals surface area contributed by atoms with Gasteiger partial charge in [-0.15, -0.1) is 11.3 Å². The predicted octanol–water partition coefficient (Wildman–Crippen LogP) is 3.75. The Kier molecular flexibility index (Phi) is 5.89. The summed E-state index contributed by atoms with van der Waals surface area (Å²) in [4.78, 5) is 13.6. The molecule has 0 aliphatic carbocycles. The van der Waals surface area contributed by atoms with Gasteiger partial charge in [0.25, 0.3) is 5.91 Å². The van der Waals surface area contributed by atoms with E-state index in [0.717, 1.165) is 0 Å². The number of amides is 1. The number of sulfonamides is 1. The number of nitriles is 1. The molecule has 29 heavy (non-hydrogen) atoms. The van der Waals surface area contributed by atoms with Gasteiger partial charge in [-0.05, 0) is 48.5 Å². The molecule has 9 heteroatoms. The number of thiophene rings is 1. The number of carbonyl (C=O) groups excluding carboxylic acids is 1. The van der Waals surface area contributed by atoms with E-state index in [4.69, 9.17) is 5.14 Å². The third kappa shape index (κ3) is 4.94. The molecule has 3 N–H and O–H groups in total. The second-order valence-corrected chi connectivity index (χ2v) is 8.55. The van der Waals surface area contributed by atoms with Crippen LogP contribution in [0.15, 0.2) is 71.1 Å². The summed E-state index contributed by atoms with van der Waals surface area (Å²) in [5.41, 5.74) is 0.597. The van der Waals surface area contributed by atoms with Gasteiger partial charge in [0.15, 0.2) is 0 Å². The van der Waals surface area contributed by atoms with Gasteiger partial charge >= 0.3 is 0 Å². The molecule has 0 fully saturated rings. The summed E-state index contributed by atoms with van der Waals surface area (Å²) >= 11 is 1.24. The fourth-order valence-corrected chi connectivity index (χ4v) is 3.95. The number of hydrogen-bond acceptors (Lipinski definition) is 5. The maximum Gasteiger partial charge on any atom is 0.266 e. The van der Waals surface area contributed by atoms with Crippen LogP contribution in [0, 0.1) is 17.1 Å². The molecule has 0 radical (unpaired) electrons. The van der Waals surface area contributed by atoms with E-state index in [1.807, 2.05) is 6.07 Å². The molecular formula is C20H14FN3O3S2. The third-order valence-electron chi connectivity index (χ3n) is 3.86. The topological polar surface area (TPSA) is 113 Å². The average Bonchev–Trinajstić information content (AvgIpc) is 3.14. The molecule has 1 amide bonds. The maximum absolute atomic E-state index is 13.9. The molecule has 0 saturated heterocycles. The Morgan fingerprint density at radius 3 is 2.41 bits per heavy atom. The minimum atomic E-state index is -3.84. The summed E-state index contributed by atoms with van der Waals surface area (Å²) < 4.78 is 36.4. The van der Waals surface area contributed by atoms with E-state index in [2.05, 4.69) is 5.32 Å². The van der Waals surface area contributed by atoms with Gasteiger partial charge in [0, 0.05) is 21.0 Å². The number of halogens is 1. The van der Waals surface area contributed by atoms with Crippen molar-refractivity contribution >= 4 is 39.0 Å². The fourth-order valence-electron chi connectivity index (χ4n) is 2.45. The van der Waals surface area contributed by atoms with E-state index in [1.54, 1.807) is 30.3 Å². The van der Waals surface area contributed by atoms with Crippen LogP contribution in [0.25, 0.3) is 16.5 Å². The molecule has 1 heterocycles. The standard InChI is InChI=1S/C20H14FN3O3S2/c21-18-4-2-1-3-17(18)19-10-7-15(28-19)11-13(12-22)20(25)24-14-5-8-16(9-6-14)29(23,26)27/h1-11H,(H,24,25)(H2,23,26,27)/b13-11+. The number of benzene rings is 2. The van der Waals surface area contributed by atoms with Crippen LogP contribution >= 0.6 is 11.3 Å². The average molecular weight is 427 g/mol. The van der Waals surface area contributed by atoms with Crippen LogP contribution in [0.1, 0.15) is 4.88 Å². The molecule has 3 rings (SSSR count). The highest BCUT2D eigenvalue weighted by Crippen LogP contribution is 2.31. The molecule has 146 valence electrons. The molecule has 0 saturated carbocycles. The van der Waals surface area contributed by atoms with Crippen LogP contribution in [0.4, 0.5) is 10.1 Å². The van der Waals surface area contributed by atoms with Crippen LogP contribution < -0.4 is 10.5 Å². The molecular weight excluding hydrogens is 413 g/mol. The van der Waals surface area contributed by atoms with Crippen molar-refractivity contribution in [3.05, 3.63) is 76.9 Å². The molecule has 0 aliphatic rings. The first-order valence-corrected chi connectivity index (χ1v) is 10.5. The lowest BCUT2D eigenvalue weighted by atomic mass is 10.2. The van der Waals surface area contributed by atoms with Crippen molar-refractivity contribution in [3.63, 3.8) is 0 Å². The lowest BCUT2D eigenvalue weighted by Crippen LogP contribution is -2.14. The SMILES string of the molecule is N#C/C(=C\c1ccc(-c2ccccc2F)s1)C(=O)Nc1ccc(S(N)(=O)=O)cc1. The Morgan fingerprint density at radius 2 is 1.79 bits per heavy atom. The first-order chi connectivity index (χ1) is 13.8. The van der Waals surface area contributed by atoms with Crippen LogP contribution in [0.3, 0.4) is 0 Å². The zero-order valence-electron chi connectivity index (χ0n) is 14.8. The number of rotatable bonds is 5. The van der Waals surface area contributed by atoms with E-state index < -0.39 is 15.9 Å². The van der Waals surface area contributed by atoms with Gasteiger partial charge in [-0.3, -0.25) is 4.79 Å². The first kappa shape index (κ1) is 20.4. The Hall–Kier alpha value is -3.32. The summed E-state index contributed by atoms with van der Waals surface area (Å²) in [5.74, 6) is -1.01. The summed E-state index contributed by atoms with van der Waals surface area (Å²) in [5, 5.41) is 16.9. The molecule has 3 aromatic rings. The van der Waals surface area contributed by atoms with Gasteiger partial charge in [-0.1, -0.05) is 18.2 Å². The normalized spacial score (nSPS) is 11.7. The van der Waals surface area contributed by atoms with Crippen molar-refractivity contribution in [1.29, 1.82) is 5.26 Å². The van der Waals surface area contributed by atoms with Gasteiger partial charge in [0.2, 0.25) is 10.0 Å². The van der Waals surface area contributed by atoms with Crippen LogP contribution in [-0.4, -0.2) is 14.3 Å². The molecule has 0 unspecified atom stereocenters. The highest BCUT2D eigenvalue weighted by atomic mass is 32.2. The number of nitrogens with two attached hydrogens (primary N) is 1. The van der Waals surface area contributed by atoms with Crippen molar-refractivity contribution in [1.82, 2.24) is 0 Å². The number of carbonyl (C=O) groups is 1. The number of hydrogen-bond donors (Lipinski definition) is 2. The van der Waals surface area contributed by atoms with Crippen molar-refractivity contribution < 1.29 is 17.6 Å². The zero-order chi connectivity index (χ0) is 21.0. The molecule has 0 bridgehead atoms. The van der Waals surface area contributed by atoms with E-state index in [-0.39, 0.29) is 16.3 Å². The lowest BCUT2D eigenvalue weighted by molar-refractivity contribution is -0.112. The minimum absolute atomic E-state index is 0.0918. The third-order valence-corrected chi connectivity index (χ3v) is 5.85. The molecule has 2 aromatic carbocycles. The second-order valence-electron chi connectivity index (χ2n) is 5.88. The van der Waals surface area contributed by atoms with Crippen LogP contribution in [0.2, 0.25) is 0 Å². The summed E-state index contributed by atoms with van der Waals surface area (Å²) in [7, 11) is -3.84. The lowest BCUT2D eigenvalue weighted by Gasteiger charge is -2.05. The summed E-state index contributed by atoms with van der Waals surface area (Å²) in [6.45, 7) is 0. The number of nitrogens with one attached hydrogen (secondary N) is 1. The van der Waals surface area contributed by atoms with Crippen molar-refractivity contribution in [2.75, 3.05) is 5.32 Å². The van der Waals surface area contributed by atoms with Crippen molar-refractivity contribution in [2.24, 2.45) is 5.14 Å². The number of anilines is 1. The number of nitrogens with zero attached hydrogens (tertiary/aromatic N) is 1. The fraction of sp³-hybridized carbons (Fsp3) is 0. The van der Waals surface area contributed by atoms with Crippen molar-refractivity contribution in [3.8, 4) is 16.5 Å². The van der Waals surface area contributed by atoms with Gasteiger partial charge in [0.05, 0.1) is 4.90 Å². The largest absolute Gasteiger partial charge is 0.321 e. The molecule has 1 aromatic heterocycles. The van der Waals surface area contributed by atoms with Crippen LogP contribution in [-0.2, 0) is 14.8 Å². The Bertz CT molecular complexity index is 1240. The van der Waals surface area contributed by atoms with Crippen molar-refractivity contribution in [2.45, 2.75) is 4.90 Å². The predicted molar refractivity (Wildman–Crippen MR) is 110 cm³/mol. The molecule has 0 spiro atoms. The Balaban J connectivity index is 1.79. The smallest absolute Gasteiger partial charge is 0.266 e. The quantitative estimate of drug-likeness (QED) is 0.477. The highest BCUT2D eigenvalue weighted by molar-refractivity contribution is 7.89. The molecule has 0 aliphatic heterocycles. The van der Waals surface area contributed by atoms with Gasteiger partial charge in [-0.25, -0.2) is 17.9 Å². The second kappa shape index (κ2) is 8.36. The monoisotopic (exact) mass is 427 g/mol. The maximum atomic E-state index is 13.9. The van der Waals surface area contributed by atoms with E-state index in [9.17, 15) is 22.9 Å². The molecule has 0 atom stereocenters. The van der Waals surface area contributed by atoms with Gasteiger partial charge in [-0.2, -0.15) is 5.26 Å². The summed E-state index contributed by atoms with van der Waals surface area (Å²) in [6, 6.07) is 16.8. The Labute approximate surface area is 170 Å². The van der Waals surface area contributed by atoms with Gasteiger partial charge in [0.1, 0.15) is 17.5 Å². The number of primary sulfonamides is 1. The summed E-state index contributed by atoms with van der Waals surface area (Å²) in [6.07, 6.45) is 1.41.